The number of alkyl halides is 4. The maximum atomic E-state index is 12.5. The van der Waals surface area contributed by atoms with E-state index < -0.39 is 24.3 Å². The summed E-state index contributed by atoms with van der Waals surface area (Å²) in [4.78, 5) is 10.8. The first-order chi connectivity index (χ1) is 7.32. The molecular formula is C9H15F4NOS. The van der Waals surface area contributed by atoms with Gasteiger partial charge in [0.1, 0.15) is 0 Å². The molecule has 0 saturated heterocycles. The first-order valence-electron chi connectivity index (χ1n) is 4.87. The van der Waals surface area contributed by atoms with Crippen LogP contribution in [0.15, 0.2) is 0 Å². The molecule has 1 N–H and O–H groups in total. The van der Waals surface area contributed by atoms with Crippen molar-refractivity contribution in [3.8, 4) is 0 Å². The lowest BCUT2D eigenvalue weighted by atomic mass is 10.2. The third kappa shape index (κ3) is 5.05. The van der Waals surface area contributed by atoms with E-state index in [2.05, 4.69) is 0 Å². The molecule has 0 aromatic carbocycles. The van der Waals surface area contributed by atoms with Gasteiger partial charge in [-0.1, -0.05) is 6.92 Å². The fourth-order valence-corrected chi connectivity index (χ4v) is 1.70. The molecule has 0 bridgehead atoms. The summed E-state index contributed by atoms with van der Waals surface area (Å²) in [5.41, 5.74) is 0. The molecule has 0 aromatic heterocycles. The van der Waals surface area contributed by atoms with Gasteiger partial charge < -0.3 is 5.32 Å². The minimum absolute atomic E-state index is 0.476. The van der Waals surface area contributed by atoms with E-state index in [9.17, 15) is 22.4 Å². The lowest BCUT2D eigenvalue weighted by molar-refractivity contribution is -0.170. The van der Waals surface area contributed by atoms with Gasteiger partial charge in [-0.3, -0.25) is 4.79 Å². The maximum Gasteiger partial charge on any atom is 0.383 e. The molecule has 0 aliphatic heterocycles. The van der Waals surface area contributed by atoms with E-state index in [0.717, 1.165) is 5.75 Å². The van der Waals surface area contributed by atoms with Gasteiger partial charge in [0.15, 0.2) is 0 Å². The van der Waals surface area contributed by atoms with Gasteiger partial charge in [0, 0.05) is 6.04 Å². The molecule has 1 amide bonds. The Morgan fingerprint density at radius 1 is 1.44 bits per heavy atom. The molecule has 2 nitrogen and oxygen atoms in total. The SMILES string of the molecule is CCSCCC(C)NC(=O)C(F)(F)C(F)F. The van der Waals surface area contributed by atoms with E-state index in [1.807, 2.05) is 12.2 Å². The number of hydrogen-bond acceptors (Lipinski definition) is 2. The van der Waals surface area contributed by atoms with Gasteiger partial charge in [-0.05, 0) is 24.9 Å². The maximum absolute atomic E-state index is 12.5. The Morgan fingerprint density at radius 2 is 2.00 bits per heavy atom. The van der Waals surface area contributed by atoms with Crippen LogP contribution in [0.1, 0.15) is 20.3 Å². The third-order valence-electron chi connectivity index (χ3n) is 1.85. The first kappa shape index (κ1) is 15.5. The fraction of sp³-hybridized carbons (Fsp3) is 0.889. The van der Waals surface area contributed by atoms with Gasteiger partial charge in [-0.2, -0.15) is 20.5 Å². The van der Waals surface area contributed by atoms with E-state index in [0.29, 0.717) is 12.2 Å². The van der Waals surface area contributed by atoms with Gasteiger partial charge in [0.2, 0.25) is 0 Å². The zero-order chi connectivity index (χ0) is 12.8. The molecule has 7 heteroatoms. The van der Waals surface area contributed by atoms with Crippen LogP contribution in [-0.2, 0) is 4.79 Å². The molecule has 0 aromatic rings. The summed E-state index contributed by atoms with van der Waals surface area (Å²) in [6, 6.07) is -0.531. The van der Waals surface area contributed by atoms with Crippen LogP contribution >= 0.6 is 11.8 Å². The van der Waals surface area contributed by atoms with Crippen LogP contribution in [-0.4, -0.2) is 35.8 Å². The second-order valence-corrected chi connectivity index (χ2v) is 4.68. The highest BCUT2D eigenvalue weighted by atomic mass is 32.2. The quantitative estimate of drug-likeness (QED) is 0.563. The summed E-state index contributed by atoms with van der Waals surface area (Å²) < 4.78 is 48.7. The van der Waals surface area contributed by atoms with Gasteiger partial charge in [-0.15, -0.1) is 0 Å². The molecule has 0 aliphatic carbocycles. The minimum atomic E-state index is -4.61. The number of hydrogen-bond donors (Lipinski definition) is 1. The van der Waals surface area contributed by atoms with Crippen molar-refractivity contribution in [3.05, 3.63) is 0 Å². The molecule has 0 radical (unpaired) electrons. The van der Waals surface area contributed by atoms with Crippen LogP contribution in [0.25, 0.3) is 0 Å². The lowest BCUT2D eigenvalue weighted by Crippen LogP contribution is -2.48. The first-order valence-corrected chi connectivity index (χ1v) is 6.02. The van der Waals surface area contributed by atoms with Crippen LogP contribution in [0.4, 0.5) is 17.6 Å². The number of carbonyl (C=O) groups excluding carboxylic acids is 1. The lowest BCUT2D eigenvalue weighted by Gasteiger charge is -2.18. The van der Waals surface area contributed by atoms with Crippen molar-refractivity contribution in [2.45, 2.75) is 38.7 Å². The summed E-state index contributed by atoms with van der Waals surface area (Å²) in [6.45, 7) is 3.45. The summed E-state index contributed by atoms with van der Waals surface area (Å²) in [5.74, 6) is -4.94. The molecule has 0 fully saturated rings. The standard InChI is InChI=1S/C9H15F4NOS/c1-3-16-5-4-6(2)14-8(15)9(12,13)7(10)11/h6-7H,3-5H2,1-2H3,(H,14,15). The van der Waals surface area contributed by atoms with Crippen molar-refractivity contribution >= 4 is 17.7 Å². The van der Waals surface area contributed by atoms with Gasteiger partial charge >= 0.3 is 12.3 Å². The normalized spacial score (nSPS) is 13.9. The van der Waals surface area contributed by atoms with Crippen LogP contribution in [0.3, 0.4) is 0 Å². The second kappa shape index (κ2) is 6.98. The predicted molar refractivity (Wildman–Crippen MR) is 56.2 cm³/mol. The topological polar surface area (TPSA) is 29.1 Å². The van der Waals surface area contributed by atoms with E-state index in [1.54, 1.807) is 11.8 Å². The highest BCUT2D eigenvalue weighted by molar-refractivity contribution is 7.99. The molecule has 16 heavy (non-hydrogen) atoms. The highest BCUT2D eigenvalue weighted by Gasteiger charge is 2.49. The molecule has 1 atom stereocenters. The Kier molecular flexibility index (Phi) is 6.78. The average Bonchev–Trinajstić information content (AvgIpc) is 2.17. The van der Waals surface area contributed by atoms with Crippen LogP contribution in [0.2, 0.25) is 0 Å². The summed E-state index contributed by atoms with van der Waals surface area (Å²) in [7, 11) is 0. The van der Waals surface area contributed by atoms with E-state index in [-0.39, 0.29) is 0 Å². The highest BCUT2D eigenvalue weighted by Crippen LogP contribution is 2.23. The molecule has 0 rings (SSSR count). The zero-order valence-corrected chi connectivity index (χ0v) is 9.92. The van der Waals surface area contributed by atoms with Crippen molar-refractivity contribution < 1.29 is 22.4 Å². The molecule has 0 saturated carbocycles. The van der Waals surface area contributed by atoms with Gasteiger partial charge in [0.05, 0.1) is 0 Å². The number of nitrogens with one attached hydrogen (secondary N) is 1. The largest absolute Gasteiger partial charge is 0.383 e. The molecule has 96 valence electrons. The number of carbonyl (C=O) groups is 1. The van der Waals surface area contributed by atoms with E-state index in [4.69, 9.17) is 0 Å². The monoisotopic (exact) mass is 261 g/mol. The van der Waals surface area contributed by atoms with Crippen LogP contribution in [0, 0.1) is 0 Å². The van der Waals surface area contributed by atoms with Crippen LogP contribution < -0.4 is 5.32 Å². The van der Waals surface area contributed by atoms with Crippen molar-refractivity contribution in [2.24, 2.45) is 0 Å². The van der Waals surface area contributed by atoms with Gasteiger partial charge in [-0.25, -0.2) is 8.78 Å². The van der Waals surface area contributed by atoms with Crippen molar-refractivity contribution in [1.29, 1.82) is 0 Å². The molecule has 1 unspecified atom stereocenters. The second-order valence-electron chi connectivity index (χ2n) is 3.28. The summed E-state index contributed by atoms with van der Waals surface area (Å²) >= 11 is 1.59. The fourth-order valence-electron chi connectivity index (χ4n) is 0.896. The average molecular weight is 261 g/mol. The Balaban J connectivity index is 4.04. The smallest absolute Gasteiger partial charge is 0.348 e. The Bertz CT molecular complexity index is 226. The van der Waals surface area contributed by atoms with E-state index >= 15 is 0 Å². The number of rotatable bonds is 7. The van der Waals surface area contributed by atoms with Crippen molar-refractivity contribution in [2.75, 3.05) is 11.5 Å². The minimum Gasteiger partial charge on any atom is -0.348 e. The van der Waals surface area contributed by atoms with Crippen molar-refractivity contribution in [3.63, 3.8) is 0 Å². The van der Waals surface area contributed by atoms with Gasteiger partial charge in [0.25, 0.3) is 5.91 Å². The number of thioether (sulfide) groups is 1. The molecule has 0 aliphatic rings. The Labute approximate surface area is 96.2 Å². The Hall–Kier alpha value is -0.460. The molecular weight excluding hydrogens is 246 g/mol. The van der Waals surface area contributed by atoms with E-state index in [1.165, 1.54) is 6.92 Å². The van der Waals surface area contributed by atoms with Crippen LogP contribution in [0.5, 0.6) is 0 Å². The zero-order valence-electron chi connectivity index (χ0n) is 9.10. The number of halogens is 4. The molecule has 0 heterocycles. The predicted octanol–water partition coefficient (Wildman–Crippen LogP) is 2.53. The number of amides is 1. The summed E-state index contributed by atoms with van der Waals surface area (Å²) in [6.07, 6.45) is -3.49. The summed E-state index contributed by atoms with van der Waals surface area (Å²) in [5, 5.41) is 1.88. The Morgan fingerprint density at radius 3 is 2.44 bits per heavy atom. The van der Waals surface area contributed by atoms with Crippen molar-refractivity contribution in [1.82, 2.24) is 5.32 Å². The molecule has 0 spiro atoms. The third-order valence-corrected chi connectivity index (χ3v) is 2.79.